The number of likely N-dealkylation sites (tertiary alicyclic amines) is 2. The van der Waals surface area contributed by atoms with Crippen molar-refractivity contribution in [3.05, 3.63) is 108 Å². The average Bonchev–Trinajstić information content (AvgIpc) is 4.14. The number of carbonyl (C=O) groups excluding carboxylic acids is 4. The Labute approximate surface area is 368 Å². The van der Waals surface area contributed by atoms with Gasteiger partial charge in [0.2, 0.25) is 5.91 Å². The Morgan fingerprint density at radius 3 is 1.90 bits per heavy atom. The molecule has 0 aliphatic carbocycles. The van der Waals surface area contributed by atoms with Crippen molar-refractivity contribution in [1.29, 1.82) is 0 Å². The summed E-state index contributed by atoms with van der Waals surface area (Å²) in [5.74, 6) is 0.953. The van der Waals surface area contributed by atoms with Crippen LogP contribution in [0.5, 0.6) is 0 Å². The maximum Gasteiger partial charge on any atom is 0.408 e. The monoisotopic (exact) mass is 858 g/mol. The van der Waals surface area contributed by atoms with Crippen LogP contribution in [-0.4, -0.2) is 99.8 Å². The smallest absolute Gasteiger partial charge is 0.408 e. The first kappa shape index (κ1) is 44.6. The van der Waals surface area contributed by atoms with Crippen LogP contribution in [0.25, 0.3) is 33.6 Å². The van der Waals surface area contributed by atoms with Crippen molar-refractivity contribution in [3.8, 4) is 33.6 Å². The van der Waals surface area contributed by atoms with Crippen LogP contribution >= 0.6 is 0 Å². The van der Waals surface area contributed by atoms with Crippen molar-refractivity contribution >= 4 is 24.0 Å². The second-order valence-electron chi connectivity index (χ2n) is 16.8. The van der Waals surface area contributed by atoms with E-state index in [1.54, 1.807) is 24.4 Å². The third-order valence-corrected chi connectivity index (χ3v) is 12.0. The normalized spacial score (nSPS) is 19.5. The quantitative estimate of drug-likeness (QED) is 0.0811. The van der Waals surface area contributed by atoms with Crippen molar-refractivity contribution in [2.45, 2.75) is 83.6 Å². The highest BCUT2D eigenvalue weighted by molar-refractivity contribution is 5.88. The zero-order valence-corrected chi connectivity index (χ0v) is 36.8. The van der Waals surface area contributed by atoms with Gasteiger partial charge in [0.05, 0.1) is 56.2 Å². The molecule has 4 heterocycles. The fourth-order valence-corrected chi connectivity index (χ4v) is 8.71. The van der Waals surface area contributed by atoms with Crippen LogP contribution in [0.1, 0.15) is 88.7 Å². The standard InChI is InChI=1S/C48H58N8O7/c1-7-23-63-48(60)54-42(36-11-9-8-10-12-36)46(58)56-30(4)13-22-39(56)43-49-25-37(51-43)34-18-14-32(15-19-34)33-16-20-35(21-17-33)38-26-50-44(52-38)40-24-31(28-61-5)27-55(40)45(57)41(29(2)3)53-47(59)62-6/h8-12,14-21,25-26,29-31,39-42H,7,13,22-24,27-28H2,1-6H3,(H,49,51)(H,50,52)(H,53,59)(H,54,60). The van der Waals surface area contributed by atoms with E-state index in [9.17, 15) is 19.2 Å². The molecule has 63 heavy (non-hydrogen) atoms. The summed E-state index contributed by atoms with van der Waals surface area (Å²) >= 11 is 0. The molecule has 0 saturated carbocycles. The molecule has 2 saturated heterocycles. The van der Waals surface area contributed by atoms with Crippen molar-refractivity contribution in [3.63, 3.8) is 0 Å². The van der Waals surface area contributed by atoms with Gasteiger partial charge in [-0.1, -0.05) is 99.6 Å². The maximum atomic E-state index is 14.3. The van der Waals surface area contributed by atoms with E-state index in [0.717, 1.165) is 46.5 Å². The topological polar surface area (TPSA) is 184 Å². The summed E-state index contributed by atoms with van der Waals surface area (Å²) in [5, 5.41) is 5.53. The minimum absolute atomic E-state index is 0.0558. The zero-order valence-electron chi connectivity index (χ0n) is 36.8. The summed E-state index contributed by atoms with van der Waals surface area (Å²) in [6.45, 7) is 8.99. The number of ether oxygens (including phenoxy) is 3. The molecule has 2 aliphatic heterocycles. The average molecular weight is 859 g/mol. The van der Waals surface area contributed by atoms with Crippen molar-refractivity contribution < 1.29 is 33.4 Å². The van der Waals surface area contributed by atoms with Gasteiger partial charge >= 0.3 is 12.2 Å². The highest BCUT2D eigenvalue weighted by atomic mass is 16.5. The molecule has 0 bridgehead atoms. The molecule has 3 aromatic carbocycles. The van der Waals surface area contributed by atoms with Gasteiger partial charge < -0.3 is 44.6 Å². The number of methoxy groups -OCH3 is 2. The van der Waals surface area contributed by atoms with Gasteiger partial charge in [0, 0.05) is 25.6 Å². The molecule has 332 valence electrons. The number of amides is 4. The van der Waals surface area contributed by atoms with E-state index in [0.29, 0.717) is 43.2 Å². The highest BCUT2D eigenvalue weighted by Crippen LogP contribution is 2.39. The number of H-pyrrole nitrogens is 2. The minimum atomic E-state index is -0.900. The van der Waals surface area contributed by atoms with Gasteiger partial charge in [-0.15, -0.1) is 0 Å². The van der Waals surface area contributed by atoms with Crippen LogP contribution in [0.15, 0.2) is 91.3 Å². The molecule has 5 aromatic rings. The van der Waals surface area contributed by atoms with E-state index in [-0.39, 0.29) is 48.4 Å². The third kappa shape index (κ3) is 10.1. The summed E-state index contributed by atoms with van der Waals surface area (Å²) in [4.78, 5) is 73.0. The lowest BCUT2D eigenvalue weighted by atomic mass is 10.0. The Morgan fingerprint density at radius 1 is 0.762 bits per heavy atom. The first-order valence-electron chi connectivity index (χ1n) is 21.7. The van der Waals surface area contributed by atoms with E-state index < -0.39 is 24.3 Å². The molecule has 4 N–H and O–H groups in total. The molecular weight excluding hydrogens is 801 g/mol. The lowest BCUT2D eigenvalue weighted by Crippen LogP contribution is -2.51. The number of nitrogens with one attached hydrogen (secondary N) is 4. The Hall–Kier alpha value is -6.48. The molecule has 15 nitrogen and oxygen atoms in total. The molecule has 6 atom stereocenters. The van der Waals surface area contributed by atoms with Crippen LogP contribution in [0, 0.1) is 11.8 Å². The van der Waals surface area contributed by atoms with Crippen LogP contribution in [0.3, 0.4) is 0 Å². The molecule has 6 unspecified atom stereocenters. The van der Waals surface area contributed by atoms with Crippen molar-refractivity contribution in [2.75, 3.05) is 34.0 Å². The Bertz CT molecular complexity index is 2330. The summed E-state index contributed by atoms with van der Waals surface area (Å²) < 4.78 is 15.6. The Morgan fingerprint density at radius 2 is 1.35 bits per heavy atom. The highest BCUT2D eigenvalue weighted by Gasteiger charge is 2.42. The predicted molar refractivity (Wildman–Crippen MR) is 238 cm³/mol. The van der Waals surface area contributed by atoms with Gasteiger partial charge in [-0.2, -0.15) is 0 Å². The fraction of sp³-hybridized carbons (Fsp3) is 0.417. The van der Waals surface area contributed by atoms with Gasteiger partial charge in [-0.25, -0.2) is 19.6 Å². The molecule has 4 amide bonds. The summed E-state index contributed by atoms with van der Waals surface area (Å²) in [6, 6.07) is 23.4. The van der Waals surface area contributed by atoms with Gasteiger partial charge in [0.1, 0.15) is 23.7 Å². The molecule has 0 spiro atoms. The number of nitrogens with zero attached hydrogens (tertiary/aromatic N) is 4. The fourth-order valence-electron chi connectivity index (χ4n) is 8.71. The third-order valence-electron chi connectivity index (χ3n) is 12.0. The van der Waals surface area contributed by atoms with E-state index in [1.807, 2.05) is 75.1 Å². The van der Waals surface area contributed by atoms with Gasteiger partial charge in [0.15, 0.2) is 0 Å². The largest absolute Gasteiger partial charge is 0.453 e. The zero-order chi connectivity index (χ0) is 44.6. The number of imidazole rings is 2. The second-order valence-corrected chi connectivity index (χ2v) is 16.8. The number of aromatic amines is 2. The number of hydrogen-bond donors (Lipinski definition) is 4. The Balaban J connectivity index is 1.03. The maximum absolute atomic E-state index is 14.3. The van der Waals surface area contributed by atoms with E-state index in [1.165, 1.54) is 7.11 Å². The lowest BCUT2D eigenvalue weighted by Gasteiger charge is -2.31. The number of alkyl carbamates (subject to hydrolysis) is 2. The van der Waals surface area contributed by atoms with E-state index in [2.05, 4.69) is 57.0 Å². The first-order valence-corrected chi connectivity index (χ1v) is 21.7. The SMILES string of the molecule is CCCOC(=O)NC(C(=O)N1C(C)CCC1c1ncc(-c2ccc(-c3ccc(-c4cnc(C5CC(COC)CN5C(=O)C(NC(=O)OC)C(C)C)[nH]4)cc3)cc2)[nH]1)c1ccccc1. The molecule has 0 radical (unpaired) electrons. The minimum Gasteiger partial charge on any atom is -0.453 e. The second kappa shape index (κ2) is 20.1. The molecule has 2 aromatic heterocycles. The molecule has 15 heteroatoms. The summed E-state index contributed by atoms with van der Waals surface area (Å²) in [5.41, 5.74) is 6.34. The number of aromatic nitrogens is 4. The van der Waals surface area contributed by atoms with Crippen LogP contribution in [-0.2, 0) is 23.8 Å². The van der Waals surface area contributed by atoms with Gasteiger partial charge in [0.25, 0.3) is 5.91 Å². The molecule has 2 fully saturated rings. The molecule has 2 aliphatic rings. The lowest BCUT2D eigenvalue weighted by molar-refractivity contribution is -0.137. The number of rotatable bonds is 15. The van der Waals surface area contributed by atoms with Crippen molar-refractivity contribution in [1.82, 2.24) is 40.4 Å². The van der Waals surface area contributed by atoms with E-state index in [4.69, 9.17) is 24.2 Å². The van der Waals surface area contributed by atoms with Crippen LogP contribution in [0.2, 0.25) is 0 Å². The van der Waals surface area contributed by atoms with Crippen LogP contribution < -0.4 is 10.6 Å². The molecular formula is C48H58N8O7. The van der Waals surface area contributed by atoms with E-state index >= 15 is 0 Å². The number of benzene rings is 3. The predicted octanol–water partition coefficient (Wildman–Crippen LogP) is 7.98. The number of carbonyl (C=O) groups is 4. The summed E-state index contributed by atoms with van der Waals surface area (Å²) in [6.07, 6.45) is 5.22. The van der Waals surface area contributed by atoms with Gasteiger partial charge in [-0.3, -0.25) is 9.59 Å². The van der Waals surface area contributed by atoms with Crippen molar-refractivity contribution in [2.24, 2.45) is 11.8 Å². The van der Waals surface area contributed by atoms with Gasteiger partial charge in [-0.05, 0) is 66.3 Å². The Kier molecular flexibility index (Phi) is 14.2. The number of hydrogen-bond acceptors (Lipinski definition) is 9. The van der Waals surface area contributed by atoms with Crippen LogP contribution in [0.4, 0.5) is 9.59 Å². The molecule has 7 rings (SSSR count). The summed E-state index contributed by atoms with van der Waals surface area (Å²) in [7, 11) is 2.94. The first-order chi connectivity index (χ1) is 30.5.